The lowest BCUT2D eigenvalue weighted by Crippen LogP contribution is -2.15. The number of nitrogens with zero attached hydrogens (tertiary/aromatic N) is 1. The van der Waals surface area contributed by atoms with Gasteiger partial charge in [-0.2, -0.15) is 4.99 Å². The molecule has 0 N–H and O–H groups in total. The van der Waals surface area contributed by atoms with Crippen LogP contribution in [0.15, 0.2) is 23.2 Å². The average Bonchev–Trinajstić information content (AvgIpc) is 2.16. The van der Waals surface area contributed by atoms with Crippen LogP contribution in [-0.2, 0) is 10.3 Å². The van der Waals surface area contributed by atoms with Gasteiger partial charge in [0.1, 0.15) is 5.75 Å². The van der Waals surface area contributed by atoms with Crippen molar-refractivity contribution in [1.82, 2.24) is 0 Å². The molecule has 0 spiro atoms. The van der Waals surface area contributed by atoms with Crippen LogP contribution in [-0.4, -0.2) is 13.2 Å². The molecule has 0 radical (unpaired) electrons. The molecule has 1 aromatic rings. The van der Waals surface area contributed by atoms with Crippen molar-refractivity contribution in [2.24, 2.45) is 4.99 Å². The summed E-state index contributed by atoms with van der Waals surface area (Å²) in [5.41, 5.74) is -0.0386. The van der Waals surface area contributed by atoms with Crippen LogP contribution in [0.3, 0.4) is 0 Å². The SMILES string of the molecule is COc1cccc(Cl)c1C(C)(C)N=C=O. The van der Waals surface area contributed by atoms with Crippen LogP contribution in [0.2, 0.25) is 5.02 Å². The van der Waals surface area contributed by atoms with Gasteiger partial charge in [-0.15, -0.1) is 0 Å². The van der Waals surface area contributed by atoms with E-state index in [1.165, 1.54) is 0 Å². The zero-order valence-electron chi connectivity index (χ0n) is 8.87. The highest BCUT2D eigenvalue weighted by Gasteiger charge is 2.26. The minimum Gasteiger partial charge on any atom is -0.496 e. The summed E-state index contributed by atoms with van der Waals surface area (Å²) < 4.78 is 5.18. The van der Waals surface area contributed by atoms with Crippen LogP contribution in [0.4, 0.5) is 0 Å². The fraction of sp³-hybridized carbons (Fsp3) is 0.364. The zero-order chi connectivity index (χ0) is 11.5. The van der Waals surface area contributed by atoms with Gasteiger partial charge in [0, 0.05) is 10.6 Å². The number of ether oxygens (including phenoxy) is 1. The second-order valence-corrected chi connectivity index (χ2v) is 3.99. The summed E-state index contributed by atoms with van der Waals surface area (Å²) in [5, 5.41) is 0.526. The van der Waals surface area contributed by atoms with Crippen molar-refractivity contribution in [2.75, 3.05) is 7.11 Å². The standard InChI is InChI=1S/C11H12ClNO2/c1-11(2,13-7-14)10-8(12)5-4-6-9(10)15-3/h4-6H,1-3H3. The molecule has 0 amide bonds. The highest BCUT2D eigenvalue weighted by Crippen LogP contribution is 2.37. The van der Waals surface area contributed by atoms with Crippen LogP contribution in [0, 0.1) is 0 Å². The summed E-state index contributed by atoms with van der Waals surface area (Å²) >= 11 is 6.06. The molecule has 0 atom stereocenters. The number of methoxy groups -OCH3 is 1. The van der Waals surface area contributed by atoms with Crippen molar-refractivity contribution in [3.8, 4) is 5.75 Å². The van der Waals surface area contributed by atoms with E-state index in [2.05, 4.69) is 4.99 Å². The molecule has 3 nitrogen and oxygen atoms in total. The van der Waals surface area contributed by atoms with Gasteiger partial charge < -0.3 is 4.74 Å². The van der Waals surface area contributed by atoms with Crippen LogP contribution >= 0.6 is 11.6 Å². The van der Waals surface area contributed by atoms with Crippen molar-refractivity contribution < 1.29 is 9.53 Å². The summed E-state index contributed by atoms with van der Waals surface area (Å²) in [7, 11) is 1.55. The Bertz CT molecular complexity index is 409. The average molecular weight is 226 g/mol. The van der Waals surface area contributed by atoms with Crippen LogP contribution in [0.5, 0.6) is 5.75 Å². The minimum atomic E-state index is -0.731. The molecule has 0 bridgehead atoms. The Morgan fingerprint density at radius 3 is 2.67 bits per heavy atom. The third-order valence-electron chi connectivity index (χ3n) is 2.13. The molecule has 0 aliphatic rings. The smallest absolute Gasteiger partial charge is 0.235 e. The van der Waals surface area contributed by atoms with E-state index in [9.17, 15) is 4.79 Å². The van der Waals surface area contributed by atoms with Crippen molar-refractivity contribution in [3.05, 3.63) is 28.8 Å². The number of isocyanates is 1. The molecule has 15 heavy (non-hydrogen) atoms. The van der Waals surface area contributed by atoms with E-state index in [0.29, 0.717) is 16.3 Å². The van der Waals surface area contributed by atoms with Gasteiger partial charge in [0.25, 0.3) is 0 Å². The van der Waals surface area contributed by atoms with Gasteiger partial charge in [0.2, 0.25) is 6.08 Å². The summed E-state index contributed by atoms with van der Waals surface area (Å²) in [6.07, 6.45) is 1.55. The normalized spacial score (nSPS) is 10.7. The van der Waals surface area contributed by atoms with Crippen molar-refractivity contribution in [2.45, 2.75) is 19.4 Å². The van der Waals surface area contributed by atoms with Gasteiger partial charge in [-0.1, -0.05) is 17.7 Å². The van der Waals surface area contributed by atoms with Crippen molar-refractivity contribution in [3.63, 3.8) is 0 Å². The van der Waals surface area contributed by atoms with E-state index in [0.717, 1.165) is 0 Å². The van der Waals surface area contributed by atoms with Crippen molar-refractivity contribution >= 4 is 17.7 Å². The third kappa shape index (κ3) is 2.38. The zero-order valence-corrected chi connectivity index (χ0v) is 9.63. The summed E-state index contributed by atoms with van der Waals surface area (Å²) in [4.78, 5) is 14.1. The largest absolute Gasteiger partial charge is 0.496 e. The van der Waals surface area contributed by atoms with E-state index >= 15 is 0 Å². The van der Waals surface area contributed by atoms with Gasteiger partial charge in [0.05, 0.1) is 12.6 Å². The first kappa shape index (κ1) is 11.8. The summed E-state index contributed by atoms with van der Waals surface area (Å²) in [6, 6.07) is 5.30. The van der Waals surface area contributed by atoms with Crippen LogP contribution in [0.25, 0.3) is 0 Å². The Hall–Kier alpha value is -1.31. The van der Waals surface area contributed by atoms with E-state index in [-0.39, 0.29) is 0 Å². The van der Waals surface area contributed by atoms with Gasteiger partial charge >= 0.3 is 0 Å². The third-order valence-corrected chi connectivity index (χ3v) is 2.45. The molecule has 80 valence electrons. The molecule has 0 saturated heterocycles. The molecule has 0 heterocycles. The maximum atomic E-state index is 10.3. The molecule has 0 unspecified atom stereocenters. The molecule has 1 rings (SSSR count). The lowest BCUT2D eigenvalue weighted by atomic mass is 9.94. The maximum Gasteiger partial charge on any atom is 0.235 e. The molecular weight excluding hydrogens is 214 g/mol. The van der Waals surface area contributed by atoms with Crippen molar-refractivity contribution in [1.29, 1.82) is 0 Å². The number of benzene rings is 1. The van der Waals surface area contributed by atoms with Gasteiger partial charge in [-0.25, -0.2) is 4.79 Å². The van der Waals surface area contributed by atoms with E-state index in [4.69, 9.17) is 16.3 Å². The minimum absolute atomic E-state index is 0.526. The van der Waals surface area contributed by atoms with Gasteiger partial charge in [0.15, 0.2) is 0 Å². The molecule has 0 aromatic heterocycles. The predicted molar refractivity (Wildman–Crippen MR) is 59.2 cm³/mol. The number of halogens is 1. The Balaban J connectivity index is 3.40. The molecular formula is C11H12ClNO2. The fourth-order valence-electron chi connectivity index (χ4n) is 1.44. The Morgan fingerprint density at radius 1 is 1.47 bits per heavy atom. The highest BCUT2D eigenvalue weighted by atomic mass is 35.5. The quantitative estimate of drug-likeness (QED) is 0.586. The summed E-state index contributed by atoms with van der Waals surface area (Å²) in [5.74, 6) is 0.617. The molecule has 0 aliphatic heterocycles. The van der Waals surface area contributed by atoms with E-state index in [1.807, 2.05) is 0 Å². The molecule has 4 heteroatoms. The second-order valence-electron chi connectivity index (χ2n) is 3.58. The first-order valence-electron chi connectivity index (χ1n) is 4.45. The number of aliphatic imine (C=N–C) groups is 1. The first-order chi connectivity index (χ1) is 7.03. The fourth-order valence-corrected chi connectivity index (χ4v) is 1.84. The molecule has 0 aliphatic carbocycles. The number of hydrogen-bond donors (Lipinski definition) is 0. The van der Waals surface area contributed by atoms with Crippen LogP contribution < -0.4 is 4.74 Å². The molecule has 1 aromatic carbocycles. The van der Waals surface area contributed by atoms with E-state index < -0.39 is 5.54 Å². The molecule has 0 saturated carbocycles. The Labute approximate surface area is 93.7 Å². The monoisotopic (exact) mass is 225 g/mol. The van der Waals surface area contributed by atoms with Gasteiger partial charge in [-0.05, 0) is 26.0 Å². The second kappa shape index (κ2) is 4.47. The highest BCUT2D eigenvalue weighted by molar-refractivity contribution is 6.31. The topological polar surface area (TPSA) is 38.7 Å². The van der Waals surface area contributed by atoms with Gasteiger partial charge in [-0.3, -0.25) is 0 Å². The Kier molecular flexibility index (Phi) is 3.51. The lowest BCUT2D eigenvalue weighted by Gasteiger charge is -2.22. The summed E-state index contributed by atoms with van der Waals surface area (Å²) in [6.45, 7) is 3.56. The van der Waals surface area contributed by atoms with E-state index in [1.54, 1.807) is 45.2 Å². The number of carbonyl (C=O) groups excluding carboxylic acids is 1. The Morgan fingerprint density at radius 2 is 2.13 bits per heavy atom. The predicted octanol–water partition coefficient (Wildman–Crippen LogP) is 2.92. The lowest BCUT2D eigenvalue weighted by molar-refractivity contribution is 0.394. The molecule has 0 fully saturated rings. The number of rotatable bonds is 3. The first-order valence-corrected chi connectivity index (χ1v) is 4.82. The maximum absolute atomic E-state index is 10.3. The number of hydrogen-bond acceptors (Lipinski definition) is 3. The van der Waals surface area contributed by atoms with Crippen LogP contribution in [0.1, 0.15) is 19.4 Å².